The van der Waals surface area contributed by atoms with Gasteiger partial charge in [0.25, 0.3) is 5.91 Å². The Bertz CT molecular complexity index is 327. The summed E-state index contributed by atoms with van der Waals surface area (Å²) in [6.07, 6.45) is 3.87. The summed E-state index contributed by atoms with van der Waals surface area (Å²) < 4.78 is 0. The summed E-state index contributed by atoms with van der Waals surface area (Å²) in [6, 6.07) is 0.460. The monoisotopic (exact) mass is 179 g/mol. The van der Waals surface area contributed by atoms with E-state index in [0.717, 1.165) is 18.5 Å². The van der Waals surface area contributed by atoms with Crippen molar-refractivity contribution in [2.24, 2.45) is 0 Å². The molecule has 0 radical (unpaired) electrons. The first-order chi connectivity index (χ1) is 6.20. The molecule has 0 aliphatic heterocycles. The molecule has 4 nitrogen and oxygen atoms in total. The van der Waals surface area contributed by atoms with E-state index in [1.54, 1.807) is 11.1 Å². The number of carbonyl (C=O) groups is 1. The molecule has 1 aliphatic carbocycles. The van der Waals surface area contributed by atoms with Crippen molar-refractivity contribution in [1.29, 1.82) is 0 Å². The van der Waals surface area contributed by atoms with Crippen molar-refractivity contribution in [2.45, 2.75) is 25.8 Å². The molecule has 0 spiro atoms. The van der Waals surface area contributed by atoms with Crippen LogP contribution in [0.2, 0.25) is 0 Å². The molecule has 1 heterocycles. The standard InChI is InChI=1S/C9H13N3O/c1-6-8(5-10-11-6)9(13)12(2)7-3-4-7/h5,7H,3-4H2,1-2H3,(H,10,11). The topological polar surface area (TPSA) is 49.0 Å². The number of aryl methyl sites for hydroxylation is 1. The van der Waals surface area contributed by atoms with Gasteiger partial charge in [0.15, 0.2) is 0 Å². The molecule has 0 unspecified atom stereocenters. The third kappa shape index (κ3) is 1.43. The molecule has 2 rings (SSSR count). The summed E-state index contributed by atoms with van der Waals surface area (Å²) in [5.41, 5.74) is 1.53. The van der Waals surface area contributed by atoms with Crippen molar-refractivity contribution < 1.29 is 4.79 Å². The molecule has 1 fully saturated rings. The fraction of sp³-hybridized carbons (Fsp3) is 0.556. The number of hydrogen-bond acceptors (Lipinski definition) is 2. The lowest BCUT2D eigenvalue weighted by Crippen LogP contribution is -2.28. The number of nitrogens with one attached hydrogen (secondary N) is 1. The fourth-order valence-electron chi connectivity index (χ4n) is 1.38. The van der Waals surface area contributed by atoms with Crippen LogP contribution < -0.4 is 0 Å². The lowest BCUT2D eigenvalue weighted by molar-refractivity contribution is 0.0784. The van der Waals surface area contributed by atoms with E-state index in [2.05, 4.69) is 10.2 Å². The molecule has 1 amide bonds. The SMILES string of the molecule is Cc1[nH]ncc1C(=O)N(C)C1CC1. The Hall–Kier alpha value is -1.32. The van der Waals surface area contributed by atoms with Gasteiger partial charge in [0, 0.05) is 18.8 Å². The van der Waals surface area contributed by atoms with Crippen molar-refractivity contribution in [2.75, 3.05) is 7.05 Å². The molecule has 0 saturated heterocycles. The van der Waals surface area contributed by atoms with Crippen LogP contribution in [0.3, 0.4) is 0 Å². The van der Waals surface area contributed by atoms with Crippen LogP contribution in [0.4, 0.5) is 0 Å². The molecule has 13 heavy (non-hydrogen) atoms. The quantitative estimate of drug-likeness (QED) is 0.734. The van der Waals surface area contributed by atoms with Crippen LogP contribution in [0.15, 0.2) is 6.20 Å². The van der Waals surface area contributed by atoms with E-state index in [4.69, 9.17) is 0 Å². The Balaban J connectivity index is 2.16. The molecular formula is C9H13N3O. The van der Waals surface area contributed by atoms with Gasteiger partial charge in [0.05, 0.1) is 11.8 Å². The predicted octanol–water partition coefficient (Wildman–Crippen LogP) is 0.953. The maximum atomic E-state index is 11.8. The van der Waals surface area contributed by atoms with Gasteiger partial charge >= 0.3 is 0 Å². The number of nitrogens with zero attached hydrogens (tertiary/aromatic N) is 2. The molecule has 0 bridgehead atoms. The first-order valence-electron chi connectivity index (χ1n) is 4.47. The van der Waals surface area contributed by atoms with Crippen molar-refractivity contribution in [1.82, 2.24) is 15.1 Å². The van der Waals surface area contributed by atoms with E-state index in [0.29, 0.717) is 11.6 Å². The molecule has 1 N–H and O–H groups in total. The molecule has 0 aromatic carbocycles. The highest BCUT2D eigenvalue weighted by Crippen LogP contribution is 2.26. The second-order valence-corrected chi connectivity index (χ2v) is 3.56. The van der Waals surface area contributed by atoms with Crippen LogP contribution in [0.1, 0.15) is 28.9 Å². The maximum Gasteiger partial charge on any atom is 0.257 e. The smallest absolute Gasteiger partial charge is 0.257 e. The molecule has 1 aromatic heterocycles. The highest BCUT2D eigenvalue weighted by molar-refractivity contribution is 5.95. The summed E-state index contributed by atoms with van der Waals surface area (Å²) in [5, 5.41) is 6.60. The number of aromatic nitrogens is 2. The van der Waals surface area contributed by atoms with Gasteiger partial charge in [-0.1, -0.05) is 0 Å². The highest BCUT2D eigenvalue weighted by atomic mass is 16.2. The molecule has 1 aromatic rings. The fourth-order valence-corrected chi connectivity index (χ4v) is 1.38. The molecule has 0 atom stereocenters. The van der Waals surface area contributed by atoms with Gasteiger partial charge in [0.2, 0.25) is 0 Å². The Labute approximate surface area is 76.9 Å². The van der Waals surface area contributed by atoms with E-state index in [1.807, 2.05) is 14.0 Å². The minimum atomic E-state index is 0.0775. The van der Waals surface area contributed by atoms with Gasteiger partial charge in [-0.25, -0.2) is 0 Å². The van der Waals surface area contributed by atoms with Gasteiger partial charge in [-0.15, -0.1) is 0 Å². The Morgan fingerprint density at radius 3 is 2.85 bits per heavy atom. The average Bonchev–Trinajstić information content (AvgIpc) is 2.87. The van der Waals surface area contributed by atoms with Crippen molar-refractivity contribution in [3.63, 3.8) is 0 Å². The number of rotatable bonds is 2. The number of amides is 1. The first-order valence-corrected chi connectivity index (χ1v) is 4.47. The lowest BCUT2D eigenvalue weighted by atomic mass is 10.2. The summed E-state index contributed by atoms with van der Waals surface area (Å²) >= 11 is 0. The van der Waals surface area contributed by atoms with Crippen LogP contribution in [-0.4, -0.2) is 34.1 Å². The Kier molecular flexibility index (Phi) is 1.83. The summed E-state index contributed by atoms with van der Waals surface area (Å²) in [5.74, 6) is 0.0775. The van der Waals surface area contributed by atoms with Gasteiger partial charge < -0.3 is 4.90 Å². The van der Waals surface area contributed by atoms with Crippen LogP contribution in [0.25, 0.3) is 0 Å². The van der Waals surface area contributed by atoms with Crippen molar-refractivity contribution in [3.8, 4) is 0 Å². The Morgan fingerprint density at radius 1 is 1.69 bits per heavy atom. The van der Waals surface area contributed by atoms with Gasteiger partial charge in [-0.3, -0.25) is 9.89 Å². The van der Waals surface area contributed by atoms with Crippen LogP contribution >= 0.6 is 0 Å². The van der Waals surface area contributed by atoms with Crippen molar-refractivity contribution in [3.05, 3.63) is 17.5 Å². The number of hydrogen-bond donors (Lipinski definition) is 1. The Morgan fingerprint density at radius 2 is 2.38 bits per heavy atom. The van der Waals surface area contributed by atoms with Crippen molar-refractivity contribution >= 4 is 5.91 Å². The minimum Gasteiger partial charge on any atom is -0.339 e. The second-order valence-electron chi connectivity index (χ2n) is 3.56. The zero-order valence-electron chi connectivity index (χ0n) is 7.87. The largest absolute Gasteiger partial charge is 0.339 e. The van der Waals surface area contributed by atoms with Gasteiger partial charge in [0.1, 0.15) is 0 Å². The number of carbonyl (C=O) groups excluding carboxylic acids is 1. The predicted molar refractivity (Wildman–Crippen MR) is 48.4 cm³/mol. The lowest BCUT2D eigenvalue weighted by Gasteiger charge is -2.15. The molecule has 70 valence electrons. The normalized spacial score (nSPS) is 15.8. The van der Waals surface area contributed by atoms with E-state index >= 15 is 0 Å². The summed E-state index contributed by atoms with van der Waals surface area (Å²) in [7, 11) is 1.85. The zero-order chi connectivity index (χ0) is 9.42. The third-order valence-electron chi connectivity index (χ3n) is 2.48. The molecule has 4 heteroatoms. The first kappa shape index (κ1) is 8.29. The second kappa shape index (κ2) is 2.87. The zero-order valence-corrected chi connectivity index (χ0v) is 7.87. The third-order valence-corrected chi connectivity index (χ3v) is 2.48. The average molecular weight is 179 g/mol. The number of H-pyrrole nitrogens is 1. The van der Waals surface area contributed by atoms with Gasteiger partial charge in [-0.2, -0.15) is 5.10 Å². The van der Waals surface area contributed by atoms with Gasteiger partial charge in [-0.05, 0) is 19.8 Å². The van der Waals surface area contributed by atoms with Crippen LogP contribution in [0, 0.1) is 6.92 Å². The molecule has 1 aliphatic rings. The van der Waals surface area contributed by atoms with E-state index in [1.165, 1.54) is 0 Å². The van der Waals surface area contributed by atoms with E-state index < -0.39 is 0 Å². The number of aromatic amines is 1. The summed E-state index contributed by atoms with van der Waals surface area (Å²) in [4.78, 5) is 13.6. The minimum absolute atomic E-state index is 0.0775. The van der Waals surface area contributed by atoms with Crippen LogP contribution in [-0.2, 0) is 0 Å². The van der Waals surface area contributed by atoms with Crippen LogP contribution in [0.5, 0.6) is 0 Å². The molecular weight excluding hydrogens is 166 g/mol. The maximum absolute atomic E-state index is 11.8. The highest BCUT2D eigenvalue weighted by Gasteiger charge is 2.30. The van der Waals surface area contributed by atoms with E-state index in [9.17, 15) is 4.79 Å². The van der Waals surface area contributed by atoms with E-state index in [-0.39, 0.29) is 5.91 Å². The molecule has 1 saturated carbocycles. The summed E-state index contributed by atoms with van der Waals surface area (Å²) in [6.45, 7) is 1.86.